The molecular formula is C20H19F2NO3. The summed E-state index contributed by atoms with van der Waals surface area (Å²) < 4.78 is 30.8. The Hall–Kier alpha value is -3.02. The molecule has 0 bridgehead atoms. The van der Waals surface area contributed by atoms with Crippen molar-refractivity contribution >= 4 is 18.0 Å². The third-order valence-corrected chi connectivity index (χ3v) is 3.65. The Kier molecular flexibility index (Phi) is 7.02. The Labute approximate surface area is 150 Å². The smallest absolute Gasteiger partial charge is 0.328 e. The van der Waals surface area contributed by atoms with E-state index in [4.69, 9.17) is 4.74 Å². The first kappa shape index (κ1) is 19.3. The number of hydrogen-bond donors (Lipinski definition) is 1. The second-order valence-electron chi connectivity index (χ2n) is 5.62. The highest BCUT2D eigenvalue weighted by Gasteiger charge is 2.20. The SMILES string of the molecule is COC(=O)[C@H](C/C=C/c1ccccc1)NC(=O)Cc1ccc(F)c(F)c1. The zero-order valence-electron chi connectivity index (χ0n) is 14.2. The zero-order valence-corrected chi connectivity index (χ0v) is 14.2. The summed E-state index contributed by atoms with van der Waals surface area (Å²) >= 11 is 0. The number of carbonyl (C=O) groups is 2. The first-order chi connectivity index (χ1) is 12.5. The van der Waals surface area contributed by atoms with Crippen LogP contribution < -0.4 is 5.32 Å². The van der Waals surface area contributed by atoms with Crippen LogP contribution in [0.2, 0.25) is 0 Å². The van der Waals surface area contributed by atoms with Crippen LogP contribution in [0.4, 0.5) is 8.78 Å². The average molecular weight is 359 g/mol. The van der Waals surface area contributed by atoms with Crippen LogP contribution in [0.15, 0.2) is 54.6 Å². The van der Waals surface area contributed by atoms with E-state index in [9.17, 15) is 18.4 Å². The van der Waals surface area contributed by atoms with Crippen LogP contribution in [0, 0.1) is 11.6 Å². The Bertz CT molecular complexity index is 791. The van der Waals surface area contributed by atoms with Crippen LogP contribution in [0.25, 0.3) is 6.08 Å². The van der Waals surface area contributed by atoms with Gasteiger partial charge in [-0.15, -0.1) is 0 Å². The first-order valence-electron chi connectivity index (χ1n) is 8.02. The molecule has 2 aromatic carbocycles. The molecule has 0 saturated heterocycles. The summed E-state index contributed by atoms with van der Waals surface area (Å²) in [5.74, 6) is -3.07. The summed E-state index contributed by atoms with van der Waals surface area (Å²) in [5.41, 5.74) is 1.27. The van der Waals surface area contributed by atoms with Gasteiger partial charge in [-0.3, -0.25) is 4.79 Å². The van der Waals surface area contributed by atoms with E-state index >= 15 is 0 Å². The van der Waals surface area contributed by atoms with Crippen molar-refractivity contribution < 1.29 is 23.1 Å². The fourth-order valence-electron chi connectivity index (χ4n) is 2.34. The number of nitrogens with one attached hydrogen (secondary N) is 1. The Morgan fingerprint density at radius 3 is 2.50 bits per heavy atom. The molecule has 1 N–H and O–H groups in total. The van der Waals surface area contributed by atoms with Gasteiger partial charge in [0, 0.05) is 0 Å². The maximum atomic E-state index is 13.2. The summed E-state index contributed by atoms with van der Waals surface area (Å²) in [6.07, 6.45) is 3.66. The third kappa shape index (κ3) is 5.81. The first-order valence-corrected chi connectivity index (χ1v) is 8.02. The number of amides is 1. The number of carbonyl (C=O) groups excluding carboxylic acids is 2. The van der Waals surface area contributed by atoms with Gasteiger partial charge in [0.25, 0.3) is 0 Å². The van der Waals surface area contributed by atoms with Gasteiger partial charge in [-0.1, -0.05) is 48.6 Å². The monoisotopic (exact) mass is 359 g/mol. The number of hydrogen-bond acceptors (Lipinski definition) is 3. The number of rotatable bonds is 7. The van der Waals surface area contributed by atoms with Gasteiger partial charge >= 0.3 is 5.97 Å². The van der Waals surface area contributed by atoms with E-state index < -0.39 is 29.6 Å². The Balaban J connectivity index is 1.97. The second kappa shape index (κ2) is 9.46. The van der Waals surface area contributed by atoms with Crippen LogP contribution in [0.3, 0.4) is 0 Å². The fraction of sp³-hybridized carbons (Fsp3) is 0.200. The van der Waals surface area contributed by atoms with Crippen LogP contribution in [0.1, 0.15) is 17.5 Å². The number of halogens is 2. The quantitative estimate of drug-likeness (QED) is 0.772. The van der Waals surface area contributed by atoms with E-state index in [0.717, 1.165) is 17.7 Å². The molecule has 26 heavy (non-hydrogen) atoms. The van der Waals surface area contributed by atoms with Gasteiger partial charge in [0.1, 0.15) is 6.04 Å². The van der Waals surface area contributed by atoms with Crippen LogP contribution in [-0.2, 0) is 20.7 Å². The molecule has 4 nitrogen and oxygen atoms in total. The van der Waals surface area contributed by atoms with E-state index in [1.165, 1.54) is 13.2 Å². The maximum absolute atomic E-state index is 13.2. The van der Waals surface area contributed by atoms with Crippen molar-refractivity contribution in [1.82, 2.24) is 5.32 Å². The van der Waals surface area contributed by atoms with Gasteiger partial charge in [-0.05, 0) is 29.7 Å². The molecule has 0 aliphatic carbocycles. The summed E-state index contributed by atoms with van der Waals surface area (Å²) in [4.78, 5) is 24.0. The van der Waals surface area contributed by atoms with Gasteiger partial charge in [0.15, 0.2) is 11.6 Å². The fourth-order valence-corrected chi connectivity index (χ4v) is 2.34. The van der Waals surface area contributed by atoms with Crippen molar-refractivity contribution in [3.8, 4) is 0 Å². The van der Waals surface area contributed by atoms with Gasteiger partial charge in [-0.2, -0.15) is 0 Å². The Morgan fingerprint density at radius 2 is 1.85 bits per heavy atom. The Morgan fingerprint density at radius 1 is 1.12 bits per heavy atom. The highest BCUT2D eigenvalue weighted by Crippen LogP contribution is 2.10. The van der Waals surface area contributed by atoms with Crippen molar-refractivity contribution in [2.24, 2.45) is 0 Å². The summed E-state index contributed by atoms with van der Waals surface area (Å²) in [6.45, 7) is 0. The van der Waals surface area contributed by atoms with E-state index in [0.29, 0.717) is 5.56 Å². The van der Waals surface area contributed by atoms with Crippen molar-refractivity contribution in [3.63, 3.8) is 0 Å². The molecule has 0 aromatic heterocycles. The standard InChI is InChI=1S/C20H19F2NO3/c1-26-20(25)18(9-5-8-14-6-3-2-4-7-14)23-19(24)13-15-10-11-16(21)17(22)12-15/h2-8,10-12,18H,9,13H2,1H3,(H,23,24)/b8-5+/t18-/m0/s1. The molecule has 0 aliphatic rings. The van der Waals surface area contributed by atoms with Gasteiger partial charge in [-0.25, -0.2) is 13.6 Å². The van der Waals surface area contributed by atoms with E-state index in [1.807, 2.05) is 36.4 Å². The summed E-state index contributed by atoms with van der Waals surface area (Å²) in [7, 11) is 1.23. The molecule has 0 unspecified atom stereocenters. The number of esters is 1. The van der Waals surface area contributed by atoms with Crippen LogP contribution in [-0.4, -0.2) is 25.0 Å². The van der Waals surface area contributed by atoms with Gasteiger partial charge < -0.3 is 10.1 Å². The van der Waals surface area contributed by atoms with Gasteiger partial charge in [0.05, 0.1) is 13.5 Å². The molecule has 0 saturated carbocycles. The lowest BCUT2D eigenvalue weighted by Gasteiger charge is -2.15. The molecule has 6 heteroatoms. The topological polar surface area (TPSA) is 55.4 Å². The molecule has 0 heterocycles. The molecule has 0 radical (unpaired) electrons. The zero-order chi connectivity index (χ0) is 18.9. The van der Waals surface area contributed by atoms with E-state index in [-0.39, 0.29) is 12.8 Å². The lowest BCUT2D eigenvalue weighted by Crippen LogP contribution is -2.41. The molecule has 136 valence electrons. The predicted octanol–water partition coefficient (Wildman–Crippen LogP) is 3.27. The predicted molar refractivity (Wildman–Crippen MR) is 94.1 cm³/mol. The molecular weight excluding hydrogens is 340 g/mol. The lowest BCUT2D eigenvalue weighted by atomic mass is 10.1. The van der Waals surface area contributed by atoms with E-state index in [2.05, 4.69) is 5.32 Å². The average Bonchev–Trinajstić information content (AvgIpc) is 2.64. The minimum absolute atomic E-state index is 0.174. The highest BCUT2D eigenvalue weighted by molar-refractivity contribution is 5.85. The maximum Gasteiger partial charge on any atom is 0.328 e. The summed E-state index contributed by atoms with van der Waals surface area (Å²) in [6, 6.07) is 11.9. The highest BCUT2D eigenvalue weighted by atomic mass is 19.2. The molecule has 1 atom stereocenters. The molecule has 2 rings (SSSR count). The summed E-state index contributed by atoms with van der Waals surface area (Å²) in [5, 5.41) is 2.56. The second-order valence-corrected chi connectivity index (χ2v) is 5.62. The molecule has 0 aliphatic heterocycles. The minimum atomic E-state index is -1.02. The third-order valence-electron chi connectivity index (χ3n) is 3.65. The number of ether oxygens (including phenoxy) is 1. The molecule has 0 fully saturated rings. The van der Waals surface area contributed by atoms with Gasteiger partial charge in [0.2, 0.25) is 5.91 Å². The molecule has 0 spiro atoms. The molecule has 2 aromatic rings. The normalized spacial score (nSPS) is 12.0. The lowest BCUT2D eigenvalue weighted by molar-refractivity contribution is -0.144. The van der Waals surface area contributed by atoms with Crippen molar-refractivity contribution in [1.29, 1.82) is 0 Å². The van der Waals surface area contributed by atoms with E-state index in [1.54, 1.807) is 6.08 Å². The van der Waals surface area contributed by atoms with Crippen LogP contribution in [0.5, 0.6) is 0 Å². The van der Waals surface area contributed by atoms with Crippen LogP contribution >= 0.6 is 0 Å². The van der Waals surface area contributed by atoms with Crippen molar-refractivity contribution in [3.05, 3.63) is 77.4 Å². The number of methoxy groups -OCH3 is 1. The largest absolute Gasteiger partial charge is 0.467 e. The van der Waals surface area contributed by atoms with Crippen molar-refractivity contribution in [2.45, 2.75) is 18.9 Å². The van der Waals surface area contributed by atoms with Crippen molar-refractivity contribution in [2.75, 3.05) is 7.11 Å². The minimum Gasteiger partial charge on any atom is -0.467 e. The molecule has 1 amide bonds. The number of benzene rings is 2.